The number of rotatable bonds is 5. The third-order valence-electron chi connectivity index (χ3n) is 1.96. The second-order valence-electron chi connectivity index (χ2n) is 3.19. The number of benzene rings is 1. The highest BCUT2D eigenvalue weighted by Gasteiger charge is 2.08. The van der Waals surface area contributed by atoms with Crippen molar-refractivity contribution in [3.05, 3.63) is 43.2 Å². The molecule has 7 heteroatoms. The minimum Gasteiger partial charge on any atom is -0.352 e. The molecule has 0 atom stereocenters. The topological polar surface area (TPSA) is 77.9 Å². The molecule has 0 aromatic heterocycles. The maximum absolute atomic E-state index is 11.7. The Kier molecular flexibility index (Phi) is 6.04. The van der Waals surface area contributed by atoms with E-state index in [4.69, 9.17) is 5.53 Å². The van der Waals surface area contributed by atoms with Crippen LogP contribution >= 0.6 is 31.9 Å². The van der Waals surface area contributed by atoms with E-state index in [1.165, 1.54) is 0 Å². The van der Waals surface area contributed by atoms with E-state index in [0.29, 0.717) is 25.1 Å². The van der Waals surface area contributed by atoms with Crippen molar-refractivity contribution in [2.75, 3.05) is 13.1 Å². The fraction of sp³-hybridized carbons (Fsp3) is 0.300. The normalized spacial score (nSPS) is 9.53. The van der Waals surface area contributed by atoms with Crippen LogP contribution < -0.4 is 5.32 Å². The Morgan fingerprint density at radius 2 is 2.24 bits per heavy atom. The van der Waals surface area contributed by atoms with Gasteiger partial charge in [0.05, 0.1) is 5.56 Å². The average molecular weight is 362 g/mol. The first-order valence-corrected chi connectivity index (χ1v) is 6.48. The lowest BCUT2D eigenvalue weighted by atomic mass is 10.2. The van der Waals surface area contributed by atoms with Crippen molar-refractivity contribution in [1.29, 1.82) is 0 Å². The van der Waals surface area contributed by atoms with E-state index in [2.05, 4.69) is 47.2 Å². The Morgan fingerprint density at radius 3 is 2.88 bits per heavy atom. The standard InChI is InChI=1S/C10H10Br2N4O/c11-7-2-3-8(9(12)6-7)10(17)14-4-1-5-15-16-13/h2-3,6H,1,4-5H2,(H,14,17). The second-order valence-corrected chi connectivity index (χ2v) is 4.96. The molecule has 0 saturated heterocycles. The van der Waals surface area contributed by atoms with Gasteiger partial charge in [-0.05, 0) is 46.1 Å². The number of azide groups is 1. The fourth-order valence-electron chi connectivity index (χ4n) is 1.17. The van der Waals surface area contributed by atoms with Crippen LogP contribution in [0.15, 0.2) is 32.3 Å². The Balaban J connectivity index is 2.49. The third-order valence-corrected chi connectivity index (χ3v) is 3.11. The maximum atomic E-state index is 11.7. The first-order valence-electron chi connectivity index (χ1n) is 4.89. The van der Waals surface area contributed by atoms with Crippen LogP contribution in [-0.4, -0.2) is 19.0 Å². The summed E-state index contributed by atoms with van der Waals surface area (Å²) >= 11 is 6.64. The molecule has 0 saturated carbocycles. The third kappa shape index (κ3) is 4.77. The van der Waals surface area contributed by atoms with E-state index in [0.717, 1.165) is 8.95 Å². The molecule has 1 amide bonds. The molecule has 0 radical (unpaired) electrons. The number of nitrogens with one attached hydrogen (secondary N) is 1. The Hall–Kier alpha value is -1.04. The van der Waals surface area contributed by atoms with Crippen molar-refractivity contribution >= 4 is 37.8 Å². The monoisotopic (exact) mass is 360 g/mol. The Morgan fingerprint density at radius 1 is 1.47 bits per heavy atom. The number of hydrogen-bond acceptors (Lipinski definition) is 2. The summed E-state index contributed by atoms with van der Waals surface area (Å²) in [7, 11) is 0. The van der Waals surface area contributed by atoms with Gasteiger partial charge in [0.25, 0.3) is 5.91 Å². The number of carbonyl (C=O) groups excluding carboxylic acids is 1. The van der Waals surface area contributed by atoms with Crippen LogP contribution in [0.25, 0.3) is 10.4 Å². The molecular formula is C10H10Br2N4O. The van der Waals surface area contributed by atoms with Gasteiger partial charge in [0.15, 0.2) is 0 Å². The largest absolute Gasteiger partial charge is 0.352 e. The van der Waals surface area contributed by atoms with Crippen molar-refractivity contribution < 1.29 is 4.79 Å². The van der Waals surface area contributed by atoms with Crippen LogP contribution in [0.3, 0.4) is 0 Å². The molecule has 5 nitrogen and oxygen atoms in total. The van der Waals surface area contributed by atoms with E-state index in [1.54, 1.807) is 12.1 Å². The predicted octanol–water partition coefficient (Wildman–Crippen LogP) is 3.64. The highest BCUT2D eigenvalue weighted by Crippen LogP contribution is 2.21. The summed E-state index contributed by atoms with van der Waals surface area (Å²) in [6.07, 6.45) is 0.629. The van der Waals surface area contributed by atoms with E-state index < -0.39 is 0 Å². The van der Waals surface area contributed by atoms with Gasteiger partial charge >= 0.3 is 0 Å². The zero-order valence-electron chi connectivity index (χ0n) is 8.86. The summed E-state index contributed by atoms with van der Waals surface area (Å²) in [5.41, 5.74) is 8.66. The van der Waals surface area contributed by atoms with Crippen LogP contribution in [-0.2, 0) is 0 Å². The van der Waals surface area contributed by atoms with Crippen molar-refractivity contribution in [1.82, 2.24) is 5.32 Å². The van der Waals surface area contributed by atoms with Crippen LogP contribution in [0.2, 0.25) is 0 Å². The van der Waals surface area contributed by atoms with Crippen LogP contribution in [0.5, 0.6) is 0 Å². The van der Waals surface area contributed by atoms with Crippen molar-refractivity contribution in [2.24, 2.45) is 5.11 Å². The molecule has 0 spiro atoms. The summed E-state index contributed by atoms with van der Waals surface area (Å²) in [5.74, 6) is -0.148. The summed E-state index contributed by atoms with van der Waals surface area (Å²) in [5, 5.41) is 6.13. The lowest BCUT2D eigenvalue weighted by Crippen LogP contribution is -2.25. The highest BCUT2D eigenvalue weighted by atomic mass is 79.9. The smallest absolute Gasteiger partial charge is 0.252 e. The molecule has 90 valence electrons. The van der Waals surface area contributed by atoms with Crippen molar-refractivity contribution in [2.45, 2.75) is 6.42 Å². The van der Waals surface area contributed by atoms with Crippen LogP contribution in [0.4, 0.5) is 0 Å². The zero-order valence-corrected chi connectivity index (χ0v) is 12.0. The molecule has 1 aromatic carbocycles. The maximum Gasteiger partial charge on any atom is 0.252 e. The summed E-state index contributed by atoms with van der Waals surface area (Å²) in [4.78, 5) is 14.4. The molecule has 0 aliphatic heterocycles. The molecule has 0 heterocycles. The van der Waals surface area contributed by atoms with Crippen molar-refractivity contribution in [3.8, 4) is 0 Å². The quantitative estimate of drug-likeness (QED) is 0.369. The van der Waals surface area contributed by atoms with Gasteiger partial charge in [0.2, 0.25) is 0 Å². The summed E-state index contributed by atoms with van der Waals surface area (Å²) in [6, 6.07) is 5.35. The number of hydrogen-bond donors (Lipinski definition) is 1. The Bertz CT molecular complexity index is 458. The van der Waals surface area contributed by atoms with Gasteiger partial charge in [-0.15, -0.1) is 0 Å². The zero-order chi connectivity index (χ0) is 12.7. The van der Waals surface area contributed by atoms with E-state index >= 15 is 0 Å². The minimum atomic E-state index is -0.148. The number of halogens is 2. The molecule has 0 aliphatic carbocycles. The molecule has 0 unspecified atom stereocenters. The molecule has 17 heavy (non-hydrogen) atoms. The van der Waals surface area contributed by atoms with Gasteiger partial charge in [0.1, 0.15) is 0 Å². The first kappa shape index (κ1) is 14.0. The van der Waals surface area contributed by atoms with Crippen molar-refractivity contribution in [3.63, 3.8) is 0 Å². The molecule has 0 aliphatic rings. The lowest BCUT2D eigenvalue weighted by Gasteiger charge is -2.06. The molecular weight excluding hydrogens is 352 g/mol. The first-order chi connectivity index (χ1) is 8.15. The molecule has 1 rings (SSSR count). The van der Waals surface area contributed by atoms with Gasteiger partial charge < -0.3 is 5.32 Å². The summed E-state index contributed by atoms with van der Waals surface area (Å²) in [6.45, 7) is 0.874. The van der Waals surface area contributed by atoms with E-state index in [1.807, 2.05) is 6.07 Å². The van der Waals surface area contributed by atoms with Gasteiger partial charge in [-0.2, -0.15) is 0 Å². The number of nitrogens with zero attached hydrogens (tertiary/aromatic N) is 3. The lowest BCUT2D eigenvalue weighted by molar-refractivity contribution is 0.0952. The molecule has 1 N–H and O–H groups in total. The van der Waals surface area contributed by atoms with Crippen LogP contribution in [0, 0.1) is 0 Å². The van der Waals surface area contributed by atoms with Gasteiger partial charge in [-0.25, -0.2) is 0 Å². The van der Waals surface area contributed by atoms with Gasteiger partial charge in [-0.3, -0.25) is 4.79 Å². The molecule has 0 fully saturated rings. The second kappa shape index (κ2) is 7.32. The van der Waals surface area contributed by atoms with E-state index in [9.17, 15) is 4.79 Å². The average Bonchev–Trinajstić information content (AvgIpc) is 2.28. The van der Waals surface area contributed by atoms with E-state index in [-0.39, 0.29) is 5.91 Å². The number of carbonyl (C=O) groups is 1. The fourth-order valence-corrected chi connectivity index (χ4v) is 2.39. The van der Waals surface area contributed by atoms with Gasteiger partial charge in [-0.1, -0.05) is 21.0 Å². The molecule has 0 bridgehead atoms. The van der Waals surface area contributed by atoms with Crippen LogP contribution in [0.1, 0.15) is 16.8 Å². The minimum absolute atomic E-state index is 0.148. The molecule has 1 aromatic rings. The SMILES string of the molecule is [N-]=[N+]=NCCCNC(=O)c1ccc(Br)cc1Br. The summed E-state index contributed by atoms with van der Waals surface area (Å²) < 4.78 is 1.64. The highest BCUT2D eigenvalue weighted by molar-refractivity contribution is 9.11. The Labute approximate surface area is 115 Å². The predicted molar refractivity (Wildman–Crippen MR) is 72.8 cm³/mol. The van der Waals surface area contributed by atoms with Gasteiger partial charge in [0, 0.05) is 26.9 Å². The number of amides is 1.